The maximum atomic E-state index is 12.9. The molecule has 0 unspecified atom stereocenters. The zero-order chi connectivity index (χ0) is 19.9. The van der Waals surface area contributed by atoms with Gasteiger partial charge in [-0.2, -0.15) is 31.6 Å². The molecule has 0 amide bonds. The number of aromatic nitrogens is 2. The summed E-state index contributed by atoms with van der Waals surface area (Å²) < 4.78 is 77.6. The topological polar surface area (TPSA) is 58.7 Å². The van der Waals surface area contributed by atoms with Crippen LogP contribution in [0.3, 0.4) is 0 Å². The van der Waals surface area contributed by atoms with Gasteiger partial charge in [0.1, 0.15) is 12.4 Å². The third kappa shape index (κ3) is 3.43. The van der Waals surface area contributed by atoms with E-state index in [2.05, 4.69) is 11.6 Å². The van der Waals surface area contributed by atoms with Gasteiger partial charge in [-0.05, 0) is 12.1 Å². The van der Waals surface area contributed by atoms with E-state index in [9.17, 15) is 31.1 Å². The van der Waals surface area contributed by atoms with E-state index in [1.54, 1.807) is 0 Å². The first-order chi connectivity index (χ1) is 11.9. The van der Waals surface area contributed by atoms with Crippen molar-refractivity contribution >= 4 is 17.7 Å². The van der Waals surface area contributed by atoms with E-state index in [1.165, 1.54) is 6.07 Å². The minimum absolute atomic E-state index is 0.429. The van der Waals surface area contributed by atoms with E-state index in [0.717, 1.165) is 0 Å². The van der Waals surface area contributed by atoms with Crippen LogP contribution in [0.25, 0.3) is 11.8 Å². The minimum Gasteiger partial charge on any atom is -0.268 e. The summed E-state index contributed by atoms with van der Waals surface area (Å²) in [6.45, 7) is 3.11. The first kappa shape index (κ1) is 19.5. The number of nitriles is 1. The van der Waals surface area contributed by atoms with Crippen molar-refractivity contribution in [3.63, 3.8) is 0 Å². The normalized spacial score (nSPS) is 11.9. The monoisotopic (exact) mass is 393 g/mol. The predicted octanol–water partition coefficient (Wildman–Crippen LogP) is 4.44. The van der Waals surface area contributed by atoms with Gasteiger partial charge in [0.2, 0.25) is 0 Å². The highest BCUT2D eigenvalue weighted by molar-refractivity contribution is 6.32. The van der Waals surface area contributed by atoms with Gasteiger partial charge < -0.3 is 0 Å². The van der Waals surface area contributed by atoms with E-state index in [1.807, 2.05) is 0 Å². The Morgan fingerprint density at radius 2 is 1.81 bits per heavy atom. The third-order valence-corrected chi connectivity index (χ3v) is 3.52. The van der Waals surface area contributed by atoms with Crippen LogP contribution in [0.1, 0.15) is 22.4 Å². The number of halogens is 7. The van der Waals surface area contributed by atoms with Crippen molar-refractivity contribution in [2.45, 2.75) is 12.4 Å². The molecule has 2 aromatic rings. The molecule has 0 radical (unpaired) electrons. The highest BCUT2D eigenvalue weighted by Crippen LogP contribution is 2.35. The molecule has 11 heteroatoms. The van der Waals surface area contributed by atoms with Crippen molar-refractivity contribution in [1.82, 2.24) is 9.55 Å². The highest BCUT2D eigenvalue weighted by Gasteiger charge is 2.37. The molecule has 0 aliphatic heterocycles. The van der Waals surface area contributed by atoms with E-state index in [0.29, 0.717) is 29.1 Å². The Balaban J connectivity index is 2.84. The highest BCUT2D eigenvalue weighted by atomic mass is 35.5. The second kappa shape index (κ2) is 6.49. The fourth-order valence-electron chi connectivity index (χ4n) is 2.13. The zero-order valence-electron chi connectivity index (χ0n) is 12.4. The van der Waals surface area contributed by atoms with Crippen molar-refractivity contribution in [2.24, 2.45) is 0 Å². The molecule has 1 heterocycles. The molecule has 4 nitrogen and oxygen atoms in total. The van der Waals surface area contributed by atoms with Gasteiger partial charge in [-0.25, -0.2) is 4.98 Å². The Hall–Kier alpha value is -2.80. The third-order valence-electron chi connectivity index (χ3n) is 3.23. The van der Waals surface area contributed by atoms with Crippen LogP contribution >= 0.6 is 11.6 Å². The molecule has 0 saturated heterocycles. The van der Waals surface area contributed by atoms with Crippen LogP contribution in [0, 0.1) is 11.3 Å². The number of hydrogen-bond donors (Lipinski definition) is 0. The minimum atomic E-state index is -4.95. The van der Waals surface area contributed by atoms with Crippen LogP contribution < -0.4 is 5.56 Å². The zero-order valence-corrected chi connectivity index (χ0v) is 13.2. The Morgan fingerprint density at radius 1 is 1.19 bits per heavy atom. The SMILES string of the molecule is C=Cc1c(C(F)(F)F)ncn(-c2c(Cl)cc(C(F)(F)F)cc2C#N)c1=O. The molecule has 0 saturated carbocycles. The van der Waals surface area contributed by atoms with E-state index < -0.39 is 51.0 Å². The van der Waals surface area contributed by atoms with Crippen LogP contribution in [0.5, 0.6) is 0 Å². The van der Waals surface area contributed by atoms with Crippen molar-refractivity contribution < 1.29 is 26.3 Å². The summed E-state index contributed by atoms with van der Waals surface area (Å²) in [4.78, 5) is 15.5. The lowest BCUT2D eigenvalue weighted by Crippen LogP contribution is -2.27. The summed E-state index contributed by atoms with van der Waals surface area (Å²) >= 11 is 5.76. The second-order valence-electron chi connectivity index (χ2n) is 4.85. The van der Waals surface area contributed by atoms with Crippen LogP contribution in [0.4, 0.5) is 26.3 Å². The maximum absolute atomic E-state index is 12.9. The van der Waals surface area contributed by atoms with Gasteiger partial charge in [-0.15, -0.1) is 0 Å². The van der Waals surface area contributed by atoms with Crippen LogP contribution in [-0.2, 0) is 12.4 Å². The molecule has 0 fully saturated rings. The molecule has 2 rings (SSSR count). The summed E-state index contributed by atoms with van der Waals surface area (Å²) in [6, 6.07) is 2.32. The fourth-order valence-corrected chi connectivity index (χ4v) is 2.44. The van der Waals surface area contributed by atoms with Crippen LogP contribution in [0.15, 0.2) is 29.8 Å². The summed E-state index contributed by atoms with van der Waals surface area (Å²) in [5, 5.41) is 8.43. The van der Waals surface area contributed by atoms with E-state index in [-0.39, 0.29) is 0 Å². The van der Waals surface area contributed by atoms with Gasteiger partial charge in [-0.1, -0.05) is 24.3 Å². The van der Waals surface area contributed by atoms with Gasteiger partial charge in [0.15, 0.2) is 5.69 Å². The van der Waals surface area contributed by atoms with Crippen molar-refractivity contribution in [3.8, 4) is 11.8 Å². The molecule has 0 bridgehead atoms. The number of rotatable bonds is 2. The van der Waals surface area contributed by atoms with Gasteiger partial charge in [0.05, 0.1) is 27.4 Å². The number of hydrogen-bond acceptors (Lipinski definition) is 3. The number of benzene rings is 1. The summed E-state index contributed by atoms with van der Waals surface area (Å²) in [7, 11) is 0. The van der Waals surface area contributed by atoms with E-state index >= 15 is 0 Å². The van der Waals surface area contributed by atoms with Crippen molar-refractivity contribution in [3.05, 3.63) is 62.8 Å². The van der Waals surface area contributed by atoms with Gasteiger partial charge in [0, 0.05) is 0 Å². The first-order valence-corrected chi connectivity index (χ1v) is 6.92. The molecule has 136 valence electrons. The second-order valence-corrected chi connectivity index (χ2v) is 5.25. The average Bonchev–Trinajstić information content (AvgIpc) is 2.52. The Labute approximate surface area is 146 Å². The van der Waals surface area contributed by atoms with Gasteiger partial charge in [0.25, 0.3) is 5.56 Å². The quantitative estimate of drug-likeness (QED) is 0.709. The largest absolute Gasteiger partial charge is 0.434 e. The standard InChI is InChI=1S/C15H6ClF6N3O/c1-2-9-12(15(20,21)22)24-6-25(13(9)26)11-7(5-23)3-8(4-10(11)16)14(17,18)19/h2-4,6H,1H2. The van der Waals surface area contributed by atoms with E-state index in [4.69, 9.17) is 16.9 Å². The van der Waals surface area contributed by atoms with Crippen LogP contribution in [-0.4, -0.2) is 9.55 Å². The Bertz CT molecular complexity index is 985. The summed E-state index contributed by atoms with van der Waals surface area (Å²) in [6.07, 6.45) is -8.72. The molecule has 0 aliphatic rings. The summed E-state index contributed by atoms with van der Waals surface area (Å²) in [5.41, 5.74) is -6.17. The lowest BCUT2D eigenvalue weighted by molar-refractivity contribution is -0.141. The maximum Gasteiger partial charge on any atom is 0.434 e. The van der Waals surface area contributed by atoms with Crippen LogP contribution in [0.2, 0.25) is 5.02 Å². The van der Waals surface area contributed by atoms with Gasteiger partial charge in [-0.3, -0.25) is 9.36 Å². The van der Waals surface area contributed by atoms with Crippen molar-refractivity contribution in [1.29, 1.82) is 5.26 Å². The molecular weight excluding hydrogens is 388 g/mol. The molecule has 26 heavy (non-hydrogen) atoms. The van der Waals surface area contributed by atoms with Gasteiger partial charge >= 0.3 is 12.4 Å². The molecule has 0 N–H and O–H groups in total. The molecule has 1 aromatic carbocycles. The predicted molar refractivity (Wildman–Crippen MR) is 79.7 cm³/mol. The molecule has 0 atom stereocenters. The molecule has 0 spiro atoms. The Morgan fingerprint density at radius 3 is 2.27 bits per heavy atom. The smallest absolute Gasteiger partial charge is 0.268 e. The molecular formula is C15H6ClF6N3O. The first-order valence-electron chi connectivity index (χ1n) is 6.54. The number of alkyl halides is 6. The number of nitrogens with zero attached hydrogens (tertiary/aromatic N) is 3. The average molecular weight is 394 g/mol. The molecule has 0 aliphatic carbocycles. The van der Waals surface area contributed by atoms with Crippen molar-refractivity contribution in [2.75, 3.05) is 0 Å². The Kier molecular flexibility index (Phi) is 4.88. The summed E-state index contributed by atoms with van der Waals surface area (Å²) in [5.74, 6) is 0. The fraction of sp³-hybridized carbons (Fsp3) is 0.133. The molecule has 1 aromatic heterocycles. The lowest BCUT2D eigenvalue weighted by atomic mass is 10.1. The lowest BCUT2D eigenvalue weighted by Gasteiger charge is -2.15.